The zero-order chi connectivity index (χ0) is 54.3. The zero-order valence-electron chi connectivity index (χ0n) is 44.7. The monoisotopic (exact) mass is 1130 g/mol. The first-order valence-electron chi connectivity index (χ1n) is 25.7. The SMILES string of the molecule is CC(CN(C)C)CN1c2ccccc2Sc2ccc(C(F)(F)F)cc21.CN(C)CCCN1c2ccccc2Sc2ccc(Cl)cc21.CN1CCN(CCCN2c3ccccc3Sc3ccc(S(=O)(=O)N(C)C)cc32)CC1. The van der Waals surface area contributed by atoms with Crippen LogP contribution in [0, 0.1) is 5.92 Å². The van der Waals surface area contributed by atoms with Gasteiger partial charge in [-0.25, -0.2) is 12.7 Å². The number of sulfonamides is 1. The van der Waals surface area contributed by atoms with E-state index in [2.05, 4.69) is 118 Å². The van der Waals surface area contributed by atoms with Crippen LogP contribution < -0.4 is 14.7 Å². The molecular formula is C58H70ClF3N8O2S4. The molecule has 1 fully saturated rings. The van der Waals surface area contributed by atoms with E-state index < -0.39 is 21.8 Å². The molecule has 6 aromatic carbocycles. The lowest BCUT2D eigenvalue weighted by atomic mass is 10.1. The van der Waals surface area contributed by atoms with Crippen molar-refractivity contribution in [2.75, 3.05) is 129 Å². The summed E-state index contributed by atoms with van der Waals surface area (Å²) >= 11 is 11.3. The minimum atomic E-state index is -4.34. The van der Waals surface area contributed by atoms with Crippen LogP contribution in [0.1, 0.15) is 25.3 Å². The third kappa shape index (κ3) is 14.3. The van der Waals surface area contributed by atoms with Gasteiger partial charge in [-0.2, -0.15) is 13.2 Å². The maximum absolute atomic E-state index is 13.2. The van der Waals surface area contributed by atoms with Crippen molar-refractivity contribution in [3.63, 3.8) is 0 Å². The first-order chi connectivity index (χ1) is 36.3. The summed E-state index contributed by atoms with van der Waals surface area (Å²) in [5.41, 5.74) is 5.68. The molecule has 0 saturated carbocycles. The van der Waals surface area contributed by atoms with Gasteiger partial charge in [-0.1, -0.05) is 90.2 Å². The maximum atomic E-state index is 13.2. The summed E-state index contributed by atoms with van der Waals surface area (Å²) in [5.74, 6) is 0.313. The van der Waals surface area contributed by atoms with Crippen LogP contribution in [0.3, 0.4) is 0 Å². The Morgan fingerprint density at radius 3 is 1.57 bits per heavy atom. The average Bonchev–Trinajstić information content (AvgIpc) is 3.44. The number of alkyl halides is 3. The fourth-order valence-corrected chi connectivity index (χ4v) is 14.0. The second-order valence-corrected chi connectivity index (χ2v) is 26.2. The van der Waals surface area contributed by atoms with Crippen LogP contribution in [0.25, 0.3) is 0 Å². The molecule has 4 aliphatic heterocycles. The number of fused-ring (bicyclic) bond motifs is 6. The molecule has 1 unspecified atom stereocenters. The maximum Gasteiger partial charge on any atom is 0.416 e. The van der Waals surface area contributed by atoms with Crippen molar-refractivity contribution in [3.8, 4) is 0 Å². The molecule has 0 bridgehead atoms. The molecule has 1 atom stereocenters. The fourth-order valence-electron chi connectivity index (χ4n) is 9.73. The van der Waals surface area contributed by atoms with E-state index in [9.17, 15) is 21.6 Å². The van der Waals surface area contributed by atoms with E-state index in [-0.39, 0.29) is 0 Å². The van der Waals surface area contributed by atoms with E-state index >= 15 is 0 Å². The summed E-state index contributed by atoms with van der Waals surface area (Å²) in [6, 6.07) is 40.6. The van der Waals surface area contributed by atoms with Crippen molar-refractivity contribution >= 4 is 91.0 Å². The molecule has 10 rings (SSSR count). The number of nitrogens with zero attached hydrogens (tertiary/aromatic N) is 8. The molecule has 6 aromatic rings. The predicted molar refractivity (Wildman–Crippen MR) is 312 cm³/mol. The van der Waals surface area contributed by atoms with E-state index in [1.165, 1.54) is 54.3 Å². The summed E-state index contributed by atoms with van der Waals surface area (Å²) in [6.45, 7) is 12.2. The van der Waals surface area contributed by atoms with Gasteiger partial charge < -0.3 is 34.3 Å². The Labute approximate surface area is 467 Å². The van der Waals surface area contributed by atoms with Gasteiger partial charge in [0.05, 0.1) is 44.6 Å². The fraction of sp³-hybridized carbons (Fsp3) is 0.379. The smallest absolute Gasteiger partial charge is 0.340 e. The van der Waals surface area contributed by atoms with Gasteiger partial charge in [-0.3, -0.25) is 0 Å². The van der Waals surface area contributed by atoms with Crippen LogP contribution in [-0.2, 0) is 16.2 Å². The molecule has 4 heterocycles. The molecule has 406 valence electrons. The molecule has 18 heteroatoms. The quantitative estimate of drug-likeness (QED) is 0.104. The number of para-hydroxylation sites is 3. The van der Waals surface area contributed by atoms with Crippen molar-refractivity contribution in [1.82, 2.24) is 23.9 Å². The summed E-state index contributed by atoms with van der Waals surface area (Å²) in [7, 11) is 10.1. The number of anilines is 6. The lowest BCUT2D eigenvalue weighted by Gasteiger charge is -2.35. The highest BCUT2D eigenvalue weighted by Gasteiger charge is 2.34. The normalized spacial score (nSPS) is 15.6. The molecular weight excluding hydrogens is 1060 g/mol. The number of likely N-dealkylation sites (N-methyl/N-ethyl adjacent to an activating group) is 1. The first kappa shape index (κ1) is 57.8. The number of rotatable bonds is 14. The van der Waals surface area contributed by atoms with E-state index in [0.29, 0.717) is 23.0 Å². The van der Waals surface area contributed by atoms with Crippen molar-refractivity contribution < 1.29 is 21.6 Å². The van der Waals surface area contributed by atoms with E-state index in [1.54, 1.807) is 38.0 Å². The molecule has 0 aliphatic carbocycles. The van der Waals surface area contributed by atoms with Crippen LogP contribution in [0.15, 0.2) is 162 Å². The molecule has 0 N–H and O–H groups in total. The van der Waals surface area contributed by atoms with E-state index in [0.717, 1.165) is 109 Å². The van der Waals surface area contributed by atoms with Crippen molar-refractivity contribution in [2.24, 2.45) is 5.92 Å². The molecule has 1 saturated heterocycles. The number of piperazine rings is 1. The Hall–Kier alpha value is -4.40. The Bertz CT molecular complexity index is 3050. The average molecular weight is 1130 g/mol. The Morgan fingerprint density at radius 1 is 0.566 bits per heavy atom. The summed E-state index contributed by atoms with van der Waals surface area (Å²) in [6.07, 6.45) is -2.18. The summed E-state index contributed by atoms with van der Waals surface area (Å²) < 4.78 is 66.2. The van der Waals surface area contributed by atoms with Gasteiger partial charge >= 0.3 is 6.18 Å². The third-order valence-electron chi connectivity index (χ3n) is 13.5. The van der Waals surface area contributed by atoms with Crippen molar-refractivity contribution in [3.05, 3.63) is 138 Å². The second kappa shape index (κ2) is 25.6. The standard InChI is InChI=1S/C22H30N4O2S2.C19H21F3N2S.C17H19ClN2S/c1-23(2)30(27,28)18-9-10-22-20(17-18)26(19-7-4-5-8-21(19)29-22)12-6-11-25-15-13-24(3)14-16-25;1-13(11-23(2)3)12-24-15-6-4-5-7-17(15)25-18-9-8-14(10-16(18)24)19(20,21)22;1-19(2)10-5-11-20-14-6-3-4-7-16(14)21-17-9-8-13(18)12-15(17)20/h4-5,7-10,17H,6,11-16H2,1-3H3;4-10,13H,11-12H2,1-3H3;3-4,6-9,12H,5,10-11H2,1-2H3. The predicted octanol–water partition coefficient (Wildman–Crippen LogP) is 13.6. The Balaban J connectivity index is 0.000000154. The number of hydrogen-bond donors (Lipinski definition) is 0. The first-order valence-corrected chi connectivity index (χ1v) is 29.9. The third-order valence-corrected chi connectivity index (χ3v) is 19.0. The van der Waals surface area contributed by atoms with Gasteiger partial charge in [-0.15, -0.1) is 0 Å². The minimum Gasteiger partial charge on any atom is -0.340 e. The largest absolute Gasteiger partial charge is 0.416 e. The number of hydrogen-bond acceptors (Lipinski definition) is 12. The minimum absolute atomic E-state index is 0.313. The molecule has 4 aliphatic rings. The lowest BCUT2D eigenvalue weighted by Crippen LogP contribution is -2.45. The molecule has 0 radical (unpaired) electrons. The molecule has 10 nitrogen and oxygen atoms in total. The number of benzene rings is 6. The van der Waals surface area contributed by atoms with Gasteiger partial charge in [0.25, 0.3) is 0 Å². The van der Waals surface area contributed by atoms with Gasteiger partial charge in [0.1, 0.15) is 0 Å². The van der Waals surface area contributed by atoms with Crippen LogP contribution >= 0.6 is 46.9 Å². The van der Waals surface area contributed by atoms with Gasteiger partial charge in [-0.05, 0) is 158 Å². The van der Waals surface area contributed by atoms with E-state index in [1.807, 2.05) is 73.2 Å². The highest BCUT2D eigenvalue weighted by molar-refractivity contribution is 8.00. The molecule has 0 spiro atoms. The Kier molecular flexibility index (Phi) is 19.5. The molecule has 0 amide bonds. The van der Waals surface area contributed by atoms with Crippen molar-refractivity contribution in [1.29, 1.82) is 0 Å². The van der Waals surface area contributed by atoms with Gasteiger partial charge in [0, 0.05) is 101 Å². The van der Waals surface area contributed by atoms with Gasteiger partial charge in [0.15, 0.2) is 0 Å². The van der Waals surface area contributed by atoms with E-state index in [4.69, 9.17) is 11.6 Å². The highest BCUT2D eigenvalue weighted by Crippen LogP contribution is 2.52. The zero-order valence-corrected chi connectivity index (χ0v) is 48.7. The Morgan fingerprint density at radius 2 is 1.04 bits per heavy atom. The van der Waals surface area contributed by atoms with Crippen LogP contribution in [0.5, 0.6) is 0 Å². The van der Waals surface area contributed by atoms with Gasteiger partial charge in [0.2, 0.25) is 10.0 Å². The van der Waals surface area contributed by atoms with Crippen molar-refractivity contribution in [2.45, 2.75) is 60.2 Å². The molecule has 76 heavy (non-hydrogen) atoms. The van der Waals surface area contributed by atoms with Crippen LogP contribution in [-0.4, -0.2) is 147 Å². The van der Waals surface area contributed by atoms with Crippen LogP contribution in [0.2, 0.25) is 5.02 Å². The topological polar surface area (TPSA) is 60.1 Å². The lowest BCUT2D eigenvalue weighted by molar-refractivity contribution is -0.137. The second-order valence-electron chi connectivity index (χ2n) is 20.4. The molecule has 0 aromatic heterocycles. The summed E-state index contributed by atoms with van der Waals surface area (Å²) in [5, 5.41) is 0.798. The number of halogens is 4. The van der Waals surface area contributed by atoms with Crippen LogP contribution in [0.4, 0.5) is 47.3 Å². The highest BCUT2D eigenvalue weighted by atomic mass is 35.5. The summed E-state index contributed by atoms with van der Waals surface area (Å²) in [4.78, 5) is 23.2.